The van der Waals surface area contributed by atoms with Gasteiger partial charge in [0.25, 0.3) is 11.6 Å². The molecular weight excluding hydrogens is 296 g/mol. The molecule has 1 saturated heterocycles. The fraction of sp³-hybridized carbons (Fsp3) is 0.500. The molecule has 1 unspecified atom stereocenters. The maximum Gasteiger partial charge on any atom is 0.271 e. The highest BCUT2D eigenvalue weighted by molar-refractivity contribution is 6.32. The molecule has 0 radical (unpaired) electrons. The zero-order chi connectivity index (χ0) is 15.4. The second-order valence-electron chi connectivity index (χ2n) is 5.09. The van der Waals surface area contributed by atoms with E-state index in [0.717, 1.165) is 25.8 Å². The number of non-ortho nitro benzene ring substituents is 1. The number of ether oxygens (including phenoxy) is 1. The van der Waals surface area contributed by atoms with Crippen LogP contribution in [0.15, 0.2) is 18.2 Å². The number of nitrogens with zero attached hydrogens (tertiary/aromatic N) is 2. The number of amides is 1. The summed E-state index contributed by atoms with van der Waals surface area (Å²) in [5, 5.41) is 10.7. The van der Waals surface area contributed by atoms with Crippen LogP contribution in [0.2, 0.25) is 5.02 Å². The van der Waals surface area contributed by atoms with Gasteiger partial charge in [0.2, 0.25) is 0 Å². The number of halogens is 1. The molecule has 0 spiro atoms. The van der Waals surface area contributed by atoms with Crippen molar-refractivity contribution < 1.29 is 14.5 Å². The Balaban J connectivity index is 1.96. The van der Waals surface area contributed by atoms with Gasteiger partial charge in [-0.2, -0.15) is 0 Å². The van der Waals surface area contributed by atoms with E-state index >= 15 is 0 Å². The number of benzene rings is 1. The molecule has 1 aromatic rings. The Morgan fingerprint density at radius 3 is 2.90 bits per heavy atom. The Labute approximate surface area is 127 Å². The first-order valence-corrected chi connectivity index (χ1v) is 7.23. The predicted molar refractivity (Wildman–Crippen MR) is 78.6 cm³/mol. The Bertz CT molecular complexity index is 550. The molecular formula is C14H17ClN2O4. The van der Waals surface area contributed by atoms with E-state index in [0.29, 0.717) is 0 Å². The van der Waals surface area contributed by atoms with Crippen LogP contribution in [0.4, 0.5) is 5.69 Å². The number of nitro groups is 1. The highest BCUT2D eigenvalue weighted by atomic mass is 35.5. The van der Waals surface area contributed by atoms with E-state index in [4.69, 9.17) is 16.3 Å². The molecule has 21 heavy (non-hydrogen) atoms. The lowest BCUT2D eigenvalue weighted by molar-refractivity contribution is -0.384. The van der Waals surface area contributed by atoms with Crippen LogP contribution in [0, 0.1) is 10.1 Å². The van der Waals surface area contributed by atoms with Gasteiger partial charge in [-0.1, -0.05) is 11.6 Å². The SMILES string of the molecule is CC1CCCCN1C(=O)COc1ccc([N+](=O)[O-])cc1Cl. The summed E-state index contributed by atoms with van der Waals surface area (Å²) in [6.07, 6.45) is 3.15. The molecule has 2 rings (SSSR count). The Morgan fingerprint density at radius 2 is 2.29 bits per heavy atom. The van der Waals surface area contributed by atoms with E-state index in [1.165, 1.54) is 18.2 Å². The van der Waals surface area contributed by atoms with Crippen molar-refractivity contribution in [2.24, 2.45) is 0 Å². The molecule has 0 aromatic heterocycles. The van der Waals surface area contributed by atoms with Gasteiger partial charge < -0.3 is 9.64 Å². The number of rotatable bonds is 4. The average Bonchev–Trinajstić information content (AvgIpc) is 2.46. The highest BCUT2D eigenvalue weighted by Gasteiger charge is 2.23. The van der Waals surface area contributed by atoms with Gasteiger partial charge in [0.1, 0.15) is 5.75 Å². The number of piperidine rings is 1. The summed E-state index contributed by atoms with van der Waals surface area (Å²) < 4.78 is 5.39. The summed E-state index contributed by atoms with van der Waals surface area (Å²) in [7, 11) is 0. The molecule has 0 aliphatic carbocycles. The second kappa shape index (κ2) is 6.76. The first kappa shape index (κ1) is 15.6. The largest absolute Gasteiger partial charge is 0.482 e. The van der Waals surface area contributed by atoms with E-state index in [2.05, 4.69) is 0 Å². The van der Waals surface area contributed by atoms with Crippen LogP contribution in [-0.2, 0) is 4.79 Å². The molecule has 1 aromatic carbocycles. The molecule has 0 bridgehead atoms. The lowest BCUT2D eigenvalue weighted by Crippen LogP contribution is -2.44. The minimum absolute atomic E-state index is 0.0865. The first-order valence-electron chi connectivity index (χ1n) is 6.85. The minimum Gasteiger partial charge on any atom is -0.482 e. The van der Waals surface area contributed by atoms with Gasteiger partial charge in [-0.15, -0.1) is 0 Å². The number of carbonyl (C=O) groups is 1. The van der Waals surface area contributed by atoms with Crippen LogP contribution in [0.1, 0.15) is 26.2 Å². The molecule has 1 heterocycles. The maximum atomic E-state index is 12.1. The van der Waals surface area contributed by atoms with Gasteiger partial charge in [-0.3, -0.25) is 14.9 Å². The fourth-order valence-electron chi connectivity index (χ4n) is 2.41. The Kier molecular flexibility index (Phi) is 5.01. The van der Waals surface area contributed by atoms with Crippen LogP contribution in [0.3, 0.4) is 0 Å². The summed E-state index contributed by atoms with van der Waals surface area (Å²) in [5.74, 6) is 0.192. The summed E-state index contributed by atoms with van der Waals surface area (Å²) in [5.41, 5.74) is -0.108. The Morgan fingerprint density at radius 1 is 1.52 bits per heavy atom. The molecule has 0 N–H and O–H groups in total. The Hall–Kier alpha value is -1.82. The van der Waals surface area contributed by atoms with Gasteiger partial charge in [0.15, 0.2) is 6.61 Å². The summed E-state index contributed by atoms with van der Waals surface area (Å²) in [4.78, 5) is 24.0. The number of nitro benzene ring substituents is 1. The first-order chi connectivity index (χ1) is 9.99. The number of hydrogen-bond donors (Lipinski definition) is 0. The molecule has 1 atom stereocenters. The normalized spacial score (nSPS) is 18.4. The zero-order valence-electron chi connectivity index (χ0n) is 11.8. The lowest BCUT2D eigenvalue weighted by atomic mass is 10.0. The molecule has 7 heteroatoms. The molecule has 1 aliphatic heterocycles. The number of carbonyl (C=O) groups excluding carboxylic acids is 1. The quantitative estimate of drug-likeness (QED) is 0.633. The van der Waals surface area contributed by atoms with Crippen LogP contribution in [0.5, 0.6) is 5.75 Å². The van der Waals surface area contributed by atoms with E-state index in [-0.39, 0.29) is 35.0 Å². The van der Waals surface area contributed by atoms with Gasteiger partial charge in [0, 0.05) is 24.7 Å². The van der Waals surface area contributed by atoms with Crippen LogP contribution in [0.25, 0.3) is 0 Å². The predicted octanol–water partition coefficient (Wildman–Crippen LogP) is 3.03. The van der Waals surface area contributed by atoms with Crippen molar-refractivity contribution in [2.45, 2.75) is 32.2 Å². The third kappa shape index (κ3) is 3.85. The zero-order valence-corrected chi connectivity index (χ0v) is 12.5. The monoisotopic (exact) mass is 312 g/mol. The highest BCUT2D eigenvalue weighted by Crippen LogP contribution is 2.28. The third-order valence-electron chi connectivity index (χ3n) is 3.60. The van der Waals surface area contributed by atoms with Crippen LogP contribution >= 0.6 is 11.6 Å². The second-order valence-corrected chi connectivity index (χ2v) is 5.50. The van der Waals surface area contributed by atoms with E-state index in [1.54, 1.807) is 0 Å². The van der Waals surface area contributed by atoms with Crippen molar-refractivity contribution in [3.8, 4) is 5.75 Å². The van der Waals surface area contributed by atoms with E-state index < -0.39 is 4.92 Å². The lowest BCUT2D eigenvalue weighted by Gasteiger charge is -2.33. The minimum atomic E-state index is -0.532. The van der Waals surface area contributed by atoms with Gasteiger partial charge >= 0.3 is 0 Å². The van der Waals surface area contributed by atoms with Gasteiger partial charge in [-0.25, -0.2) is 0 Å². The van der Waals surface area contributed by atoms with Crippen molar-refractivity contribution in [3.63, 3.8) is 0 Å². The third-order valence-corrected chi connectivity index (χ3v) is 3.90. The van der Waals surface area contributed by atoms with Gasteiger partial charge in [-0.05, 0) is 32.3 Å². The maximum absolute atomic E-state index is 12.1. The van der Waals surface area contributed by atoms with E-state index in [1.807, 2.05) is 11.8 Å². The summed E-state index contributed by atoms with van der Waals surface area (Å²) in [6, 6.07) is 4.15. The van der Waals surface area contributed by atoms with Gasteiger partial charge in [0.05, 0.1) is 9.95 Å². The number of hydrogen-bond acceptors (Lipinski definition) is 4. The van der Waals surface area contributed by atoms with E-state index in [9.17, 15) is 14.9 Å². The van der Waals surface area contributed by atoms with Crippen LogP contribution in [-0.4, -0.2) is 34.9 Å². The number of likely N-dealkylation sites (tertiary alicyclic amines) is 1. The molecule has 6 nitrogen and oxygen atoms in total. The molecule has 1 aliphatic rings. The smallest absolute Gasteiger partial charge is 0.271 e. The van der Waals surface area contributed by atoms with Crippen LogP contribution < -0.4 is 4.74 Å². The summed E-state index contributed by atoms with van der Waals surface area (Å²) in [6.45, 7) is 2.66. The molecule has 114 valence electrons. The fourth-order valence-corrected chi connectivity index (χ4v) is 2.64. The molecule has 0 saturated carbocycles. The van der Waals surface area contributed by atoms with Crippen molar-refractivity contribution in [2.75, 3.05) is 13.2 Å². The molecule has 1 amide bonds. The van der Waals surface area contributed by atoms with Crippen molar-refractivity contribution in [1.29, 1.82) is 0 Å². The van der Waals surface area contributed by atoms with Crippen molar-refractivity contribution >= 4 is 23.2 Å². The van der Waals surface area contributed by atoms with Crippen molar-refractivity contribution in [3.05, 3.63) is 33.3 Å². The molecule has 1 fully saturated rings. The summed E-state index contributed by atoms with van der Waals surface area (Å²) >= 11 is 5.92. The standard InChI is InChI=1S/C14H17ClN2O4/c1-10-4-2-3-7-16(10)14(18)9-21-13-6-5-11(17(19)20)8-12(13)15/h5-6,8,10H,2-4,7,9H2,1H3. The average molecular weight is 313 g/mol. The topological polar surface area (TPSA) is 72.7 Å². The van der Waals surface area contributed by atoms with Crippen molar-refractivity contribution in [1.82, 2.24) is 4.90 Å².